The molecule has 2 aromatic rings. The van der Waals surface area contributed by atoms with Gasteiger partial charge in [-0.3, -0.25) is 4.79 Å². The standard InChI is InChI=1S/C20H19F3N2O2/c1-13(25-14(2)26)11-16-5-3-15(4-6-16)7-8-17-9-10-18(12-19(17)24)27-20(21,22)23/h3-6,9-10,12-13H,11,24H2,1-2H3,(H,25,26). The highest BCUT2D eigenvalue weighted by Gasteiger charge is 2.31. The van der Waals surface area contributed by atoms with E-state index in [0.717, 1.165) is 17.2 Å². The molecule has 4 nitrogen and oxygen atoms in total. The molecule has 27 heavy (non-hydrogen) atoms. The monoisotopic (exact) mass is 376 g/mol. The summed E-state index contributed by atoms with van der Waals surface area (Å²) in [5.41, 5.74) is 8.04. The summed E-state index contributed by atoms with van der Waals surface area (Å²) in [4.78, 5) is 11.0. The predicted molar refractivity (Wildman–Crippen MR) is 96.9 cm³/mol. The number of hydrogen-bond donors (Lipinski definition) is 2. The fraction of sp³-hybridized carbons (Fsp3) is 0.250. The predicted octanol–water partition coefficient (Wildman–Crippen LogP) is 3.63. The van der Waals surface area contributed by atoms with Crippen molar-refractivity contribution < 1.29 is 22.7 Å². The smallest absolute Gasteiger partial charge is 0.406 e. The van der Waals surface area contributed by atoms with Gasteiger partial charge in [-0.15, -0.1) is 13.2 Å². The second-order valence-electron chi connectivity index (χ2n) is 6.05. The minimum atomic E-state index is -4.77. The Labute approximate surface area is 155 Å². The third-order valence-corrected chi connectivity index (χ3v) is 3.54. The van der Waals surface area contributed by atoms with Crippen molar-refractivity contribution in [1.29, 1.82) is 0 Å². The van der Waals surface area contributed by atoms with E-state index in [1.807, 2.05) is 31.2 Å². The summed E-state index contributed by atoms with van der Waals surface area (Å²) >= 11 is 0. The molecule has 3 N–H and O–H groups in total. The molecule has 0 aliphatic carbocycles. The highest BCUT2D eigenvalue weighted by Crippen LogP contribution is 2.25. The van der Waals surface area contributed by atoms with Crippen LogP contribution in [0.15, 0.2) is 42.5 Å². The van der Waals surface area contributed by atoms with Crippen LogP contribution in [0.1, 0.15) is 30.5 Å². The van der Waals surface area contributed by atoms with Gasteiger partial charge in [-0.2, -0.15) is 0 Å². The van der Waals surface area contributed by atoms with Crippen LogP contribution in [0, 0.1) is 11.8 Å². The number of hydrogen-bond acceptors (Lipinski definition) is 3. The molecule has 0 saturated heterocycles. The second kappa shape index (κ2) is 8.49. The Morgan fingerprint density at radius 3 is 2.41 bits per heavy atom. The van der Waals surface area contributed by atoms with Crippen LogP contribution in [0.2, 0.25) is 0 Å². The number of rotatable bonds is 4. The van der Waals surface area contributed by atoms with Crippen molar-refractivity contribution in [3.8, 4) is 17.6 Å². The SMILES string of the molecule is CC(=O)NC(C)Cc1ccc(C#Cc2ccc(OC(F)(F)F)cc2N)cc1. The van der Waals surface area contributed by atoms with Crippen LogP contribution < -0.4 is 15.8 Å². The van der Waals surface area contributed by atoms with Crippen molar-refractivity contribution in [2.24, 2.45) is 0 Å². The number of carbonyl (C=O) groups is 1. The molecule has 2 rings (SSSR count). The number of ether oxygens (including phenoxy) is 1. The molecule has 0 spiro atoms. The fourth-order valence-corrected chi connectivity index (χ4v) is 2.47. The largest absolute Gasteiger partial charge is 0.573 e. The molecule has 0 saturated carbocycles. The molecular formula is C20H19F3N2O2. The topological polar surface area (TPSA) is 64.3 Å². The van der Waals surface area contributed by atoms with E-state index >= 15 is 0 Å². The van der Waals surface area contributed by atoms with Gasteiger partial charge in [0, 0.05) is 30.2 Å². The van der Waals surface area contributed by atoms with Gasteiger partial charge < -0.3 is 15.8 Å². The summed E-state index contributed by atoms with van der Waals surface area (Å²) in [6, 6.07) is 11.1. The minimum absolute atomic E-state index is 0.0247. The molecule has 1 unspecified atom stereocenters. The number of anilines is 1. The average molecular weight is 376 g/mol. The zero-order chi connectivity index (χ0) is 20.0. The number of amides is 1. The molecule has 1 atom stereocenters. The van der Waals surface area contributed by atoms with Crippen molar-refractivity contribution in [3.05, 3.63) is 59.2 Å². The van der Waals surface area contributed by atoms with Gasteiger partial charge in [0.05, 0.1) is 5.69 Å². The molecule has 2 aromatic carbocycles. The lowest BCUT2D eigenvalue weighted by Crippen LogP contribution is -2.31. The Bertz CT molecular complexity index is 866. The van der Waals surface area contributed by atoms with E-state index < -0.39 is 6.36 Å². The first-order valence-electron chi connectivity index (χ1n) is 8.16. The maximum absolute atomic E-state index is 12.2. The molecule has 0 aliphatic heterocycles. The number of halogens is 3. The number of nitrogen functional groups attached to an aromatic ring is 1. The van der Waals surface area contributed by atoms with E-state index in [1.165, 1.54) is 19.1 Å². The Hall–Kier alpha value is -3.14. The normalized spacial score (nSPS) is 11.9. The molecule has 0 bridgehead atoms. The van der Waals surface area contributed by atoms with Gasteiger partial charge in [0.25, 0.3) is 0 Å². The van der Waals surface area contributed by atoms with Crippen LogP contribution in [-0.2, 0) is 11.2 Å². The summed E-state index contributed by atoms with van der Waals surface area (Å²) in [6.07, 6.45) is -4.07. The number of benzene rings is 2. The third kappa shape index (κ3) is 6.94. The number of carbonyl (C=O) groups excluding carboxylic acids is 1. The van der Waals surface area contributed by atoms with Crippen LogP contribution in [-0.4, -0.2) is 18.3 Å². The van der Waals surface area contributed by atoms with Gasteiger partial charge in [-0.05, 0) is 43.2 Å². The lowest BCUT2D eigenvalue weighted by molar-refractivity contribution is -0.274. The van der Waals surface area contributed by atoms with Crippen LogP contribution in [0.5, 0.6) is 5.75 Å². The highest BCUT2D eigenvalue weighted by molar-refractivity contribution is 5.73. The van der Waals surface area contributed by atoms with Crippen molar-refractivity contribution in [2.75, 3.05) is 5.73 Å². The molecule has 0 aliphatic rings. The summed E-state index contributed by atoms with van der Waals surface area (Å²) in [7, 11) is 0. The number of nitrogens with two attached hydrogens (primary N) is 1. The highest BCUT2D eigenvalue weighted by atomic mass is 19.4. The average Bonchev–Trinajstić information content (AvgIpc) is 2.53. The lowest BCUT2D eigenvalue weighted by Gasteiger charge is -2.12. The first-order valence-corrected chi connectivity index (χ1v) is 8.16. The molecule has 0 aromatic heterocycles. The Morgan fingerprint density at radius 2 is 1.85 bits per heavy atom. The third-order valence-electron chi connectivity index (χ3n) is 3.54. The van der Waals surface area contributed by atoms with Gasteiger partial charge in [0.2, 0.25) is 5.91 Å². The van der Waals surface area contributed by atoms with Crippen molar-refractivity contribution >= 4 is 11.6 Å². The molecule has 7 heteroatoms. The first-order chi connectivity index (χ1) is 12.6. The molecule has 0 heterocycles. The van der Waals surface area contributed by atoms with Crippen molar-refractivity contribution in [2.45, 2.75) is 32.7 Å². The molecule has 1 amide bonds. The van der Waals surface area contributed by atoms with E-state index in [4.69, 9.17) is 5.73 Å². The summed E-state index contributed by atoms with van der Waals surface area (Å²) in [5.74, 6) is 5.30. The Kier molecular flexibility index (Phi) is 6.35. The molecule has 0 radical (unpaired) electrons. The molecule has 142 valence electrons. The number of nitrogens with one attached hydrogen (secondary N) is 1. The van der Waals surface area contributed by atoms with E-state index in [9.17, 15) is 18.0 Å². The van der Waals surface area contributed by atoms with Gasteiger partial charge >= 0.3 is 6.36 Å². The number of alkyl halides is 3. The maximum atomic E-state index is 12.2. The summed E-state index contributed by atoms with van der Waals surface area (Å²) in [5, 5.41) is 2.82. The fourth-order valence-electron chi connectivity index (χ4n) is 2.47. The maximum Gasteiger partial charge on any atom is 0.573 e. The Morgan fingerprint density at radius 1 is 1.19 bits per heavy atom. The van der Waals surface area contributed by atoms with E-state index in [1.54, 1.807) is 0 Å². The van der Waals surface area contributed by atoms with Crippen LogP contribution in [0.25, 0.3) is 0 Å². The van der Waals surface area contributed by atoms with Crippen molar-refractivity contribution in [3.63, 3.8) is 0 Å². The van der Waals surface area contributed by atoms with Crippen LogP contribution in [0.3, 0.4) is 0 Å². The zero-order valence-electron chi connectivity index (χ0n) is 14.9. The molecular weight excluding hydrogens is 357 g/mol. The second-order valence-corrected chi connectivity index (χ2v) is 6.05. The first kappa shape index (κ1) is 20.2. The van der Waals surface area contributed by atoms with Gasteiger partial charge in [0.15, 0.2) is 0 Å². The quantitative estimate of drug-likeness (QED) is 0.633. The zero-order valence-corrected chi connectivity index (χ0v) is 14.9. The summed E-state index contributed by atoms with van der Waals surface area (Å²) < 4.78 is 40.4. The van der Waals surface area contributed by atoms with Crippen LogP contribution >= 0.6 is 0 Å². The van der Waals surface area contributed by atoms with Crippen LogP contribution in [0.4, 0.5) is 18.9 Å². The van der Waals surface area contributed by atoms with Gasteiger partial charge in [-0.25, -0.2) is 0 Å². The summed E-state index contributed by atoms with van der Waals surface area (Å²) in [6.45, 7) is 3.40. The Balaban J connectivity index is 2.06. The van der Waals surface area contributed by atoms with E-state index in [2.05, 4.69) is 21.9 Å². The van der Waals surface area contributed by atoms with E-state index in [-0.39, 0.29) is 23.4 Å². The van der Waals surface area contributed by atoms with Gasteiger partial charge in [-0.1, -0.05) is 24.0 Å². The van der Waals surface area contributed by atoms with Gasteiger partial charge in [0.1, 0.15) is 5.75 Å². The lowest BCUT2D eigenvalue weighted by atomic mass is 10.0. The molecule has 0 fully saturated rings. The van der Waals surface area contributed by atoms with E-state index in [0.29, 0.717) is 12.0 Å². The minimum Gasteiger partial charge on any atom is -0.406 e. The van der Waals surface area contributed by atoms with Crippen molar-refractivity contribution in [1.82, 2.24) is 5.32 Å².